The smallest absolute Gasteiger partial charge is 0.360 e. The Morgan fingerprint density at radius 3 is 2.14 bits per heavy atom. The van der Waals surface area contributed by atoms with Crippen LogP contribution in [0.2, 0.25) is 0 Å². The van der Waals surface area contributed by atoms with Crippen LogP contribution in [0.3, 0.4) is 0 Å². The van der Waals surface area contributed by atoms with Crippen molar-refractivity contribution in [1.29, 1.82) is 0 Å². The standard InChI is InChI=1S/C17H17F3N4O4/c18-17(19,20)13-8-14(23(25)26)16(15(9-13)24(27)28)22-7-3-4-12(11-22)10-21-5-1-2-6-21/h1-2,5-6,8-9,12H,3-4,7,10-11H2. The molecule has 2 aromatic rings. The molecule has 1 aliphatic rings. The predicted octanol–water partition coefficient (Wildman–Crippen LogP) is 4.24. The van der Waals surface area contributed by atoms with Gasteiger partial charge in [-0.15, -0.1) is 0 Å². The predicted molar refractivity (Wildman–Crippen MR) is 94.1 cm³/mol. The number of alkyl halides is 3. The highest BCUT2D eigenvalue weighted by molar-refractivity contribution is 5.76. The van der Waals surface area contributed by atoms with E-state index in [0.717, 1.165) is 6.42 Å². The van der Waals surface area contributed by atoms with E-state index in [4.69, 9.17) is 0 Å². The molecule has 2 heterocycles. The quantitative estimate of drug-likeness (QED) is 0.555. The molecule has 1 fully saturated rings. The first-order chi connectivity index (χ1) is 13.2. The maximum Gasteiger partial charge on any atom is 0.416 e. The highest BCUT2D eigenvalue weighted by Gasteiger charge is 2.40. The largest absolute Gasteiger partial charge is 0.416 e. The third-order valence-corrected chi connectivity index (χ3v) is 4.76. The summed E-state index contributed by atoms with van der Waals surface area (Å²) in [6.07, 6.45) is 0.245. The average Bonchev–Trinajstić information content (AvgIpc) is 3.12. The van der Waals surface area contributed by atoms with E-state index in [2.05, 4.69) is 0 Å². The van der Waals surface area contributed by atoms with Crippen molar-refractivity contribution in [3.8, 4) is 0 Å². The fourth-order valence-electron chi connectivity index (χ4n) is 3.58. The monoisotopic (exact) mass is 398 g/mol. The van der Waals surface area contributed by atoms with Crippen LogP contribution in [-0.2, 0) is 12.7 Å². The number of anilines is 1. The molecule has 0 bridgehead atoms. The maximum absolute atomic E-state index is 13.1. The minimum absolute atomic E-state index is 0.0580. The van der Waals surface area contributed by atoms with Crippen molar-refractivity contribution in [3.05, 3.63) is 62.5 Å². The molecule has 3 rings (SSSR count). The van der Waals surface area contributed by atoms with E-state index in [9.17, 15) is 33.4 Å². The zero-order chi connectivity index (χ0) is 20.5. The number of benzene rings is 1. The van der Waals surface area contributed by atoms with Gasteiger partial charge < -0.3 is 9.47 Å². The fraction of sp³-hybridized carbons (Fsp3) is 0.412. The Morgan fingerprint density at radius 2 is 1.64 bits per heavy atom. The fourth-order valence-corrected chi connectivity index (χ4v) is 3.58. The second-order valence-electron chi connectivity index (χ2n) is 6.71. The van der Waals surface area contributed by atoms with Gasteiger partial charge in [0.05, 0.1) is 15.4 Å². The number of aromatic nitrogens is 1. The minimum atomic E-state index is -4.92. The Kier molecular flexibility index (Phi) is 5.25. The molecule has 1 aliphatic heterocycles. The lowest BCUT2D eigenvalue weighted by Gasteiger charge is -2.34. The van der Waals surface area contributed by atoms with Crippen LogP contribution in [0.25, 0.3) is 0 Å². The Hall–Kier alpha value is -3.11. The van der Waals surface area contributed by atoms with Gasteiger partial charge in [-0.2, -0.15) is 13.2 Å². The molecule has 1 unspecified atom stereocenters. The summed E-state index contributed by atoms with van der Waals surface area (Å²) in [6, 6.07) is 4.45. The summed E-state index contributed by atoms with van der Waals surface area (Å²) in [5.74, 6) is 0.0580. The molecule has 1 aromatic carbocycles. The van der Waals surface area contributed by atoms with E-state index in [-0.39, 0.29) is 18.2 Å². The van der Waals surface area contributed by atoms with Gasteiger partial charge in [0.25, 0.3) is 11.4 Å². The molecule has 0 spiro atoms. The van der Waals surface area contributed by atoms with Crippen LogP contribution in [0, 0.1) is 26.1 Å². The van der Waals surface area contributed by atoms with Crippen molar-refractivity contribution >= 4 is 17.1 Å². The van der Waals surface area contributed by atoms with E-state index in [1.165, 1.54) is 4.90 Å². The normalized spacial score (nSPS) is 17.5. The van der Waals surface area contributed by atoms with Crippen molar-refractivity contribution in [2.24, 2.45) is 5.92 Å². The van der Waals surface area contributed by atoms with Gasteiger partial charge in [0.15, 0.2) is 5.69 Å². The molecule has 0 aliphatic carbocycles. The molecular formula is C17H17F3N4O4. The third-order valence-electron chi connectivity index (χ3n) is 4.76. The summed E-state index contributed by atoms with van der Waals surface area (Å²) >= 11 is 0. The van der Waals surface area contributed by atoms with Crippen molar-refractivity contribution in [3.63, 3.8) is 0 Å². The maximum atomic E-state index is 13.1. The first-order valence-corrected chi connectivity index (χ1v) is 8.56. The topological polar surface area (TPSA) is 94.4 Å². The number of nitro benzene ring substituents is 2. The third kappa shape index (κ3) is 4.07. The van der Waals surface area contributed by atoms with Crippen molar-refractivity contribution in [2.75, 3.05) is 18.0 Å². The molecule has 1 saturated heterocycles. The molecule has 0 saturated carbocycles. The Bertz CT molecular complexity index is 848. The van der Waals surface area contributed by atoms with Crippen molar-refractivity contribution in [2.45, 2.75) is 25.6 Å². The summed E-state index contributed by atoms with van der Waals surface area (Å²) in [5.41, 5.74) is -3.57. The van der Waals surface area contributed by atoms with Gasteiger partial charge in [0.1, 0.15) is 0 Å². The van der Waals surface area contributed by atoms with Crippen LogP contribution in [0.4, 0.5) is 30.2 Å². The van der Waals surface area contributed by atoms with Gasteiger partial charge in [0, 0.05) is 44.2 Å². The number of halogens is 3. The van der Waals surface area contributed by atoms with E-state index in [1.54, 1.807) is 0 Å². The lowest BCUT2D eigenvalue weighted by molar-refractivity contribution is -0.393. The van der Waals surface area contributed by atoms with E-state index < -0.39 is 33.0 Å². The van der Waals surface area contributed by atoms with Gasteiger partial charge in [-0.25, -0.2) is 0 Å². The first kappa shape index (κ1) is 19.6. The summed E-state index contributed by atoms with van der Waals surface area (Å²) in [4.78, 5) is 22.4. The molecule has 1 atom stereocenters. The molecule has 0 amide bonds. The SMILES string of the molecule is O=[N+]([O-])c1cc(C(F)(F)F)cc([N+](=O)[O-])c1N1CCCC(Cn2cccc2)C1. The van der Waals surface area contributed by atoms with Crippen molar-refractivity contribution in [1.82, 2.24) is 4.57 Å². The number of piperidine rings is 1. The second kappa shape index (κ2) is 7.49. The summed E-state index contributed by atoms with van der Waals surface area (Å²) in [5, 5.41) is 22.9. The highest BCUT2D eigenvalue weighted by atomic mass is 19.4. The zero-order valence-electron chi connectivity index (χ0n) is 14.6. The molecule has 0 N–H and O–H groups in total. The van der Waals surface area contributed by atoms with Crippen LogP contribution in [-0.4, -0.2) is 27.5 Å². The first-order valence-electron chi connectivity index (χ1n) is 8.56. The van der Waals surface area contributed by atoms with Crippen molar-refractivity contribution < 1.29 is 23.0 Å². The molecule has 150 valence electrons. The van der Waals surface area contributed by atoms with Crippen LogP contribution in [0.5, 0.6) is 0 Å². The number of hydrogen-bond acceptors (Lipinski definition) is 5. The number of nitrogens with zero attached hydrogens (tertiary/aromatic N) is 4. The zero-order valence-corrected chi connectivity index (χ0v) is 14.6. The second-order valence-corrected chi connectivity index (χ2v) is 6.71. The molecule has 0 radical (unpaired) electrons. The van der Waals surface area contributed by atoms with Crippen LogP contribution in [0.1, 0.15) is 18.4 Å². The lowest BCUT2D eigenvalue weighted by Crippen LogP contribution is -2.37. The molecule has 11 heteroatoms. The number of rotatable bonds is 5. The minimum Gasteiger partial charge on any atom is -0.360 e. The van der Waals surface area contributed by atoms with Gasteiger partial charge in [0.2, 0.25) is 0 Å². The van der Waals surface area contributed by atoms with E-state index in [1.807, 2.05) is 29.1 Å². The van der Waals surface area contributed by atoms with Gasteiger partial charge in [-0.1, -0.05) is 0 Å². The van der Waals surface area contributed by atoms with Gasteiger partial charge in [-0.3, -0.25) is 20.2 Å². The van der Waals surface area contributed by atoms with E-state index >= 15 is 0 Å². The molecule has 1 aromatic heterocycles. The van der Waals surface area contributed by atoms with Crippen LogP contribution in [0.15, 0.2) is 36.7 Å². The Labute approximate surface area is 157 Å². The molecule has 8 nitrogen and oxygen atoms in total. The molecular weight excluding hydrogens is 381 g/mol. The van der Waals surface area contributed by atoms with Crippen LogP contribution < -0.4 is 4.90 Å². The Balaban J connectivity index is 2.01. The van der Waals surface area contributed by atoms with Gasteiger partial charge >= 0.3 is 6.18 Å². The Morgan fingerprint density at radius 1 is 1.07 bits per heavy atom. The summed E-state index contributed by atoms with van der Waals surface area (Å²) < 4.78 is 41.1. The number of hydrogen-bond donors (Lipinski definition) is 0. The number of nitro groups is 2. The van der Waals surface area contributed by atoms with Crippen LogP contribution >= 0.6 is 0 Å². The summed E-state index contributed by atoms with van der Waals surface area (Å²) in [7, 11) is 0. The highest BCUT2D eigenvalue weighted by Crippen LogP contribution is 2.44. The summed E-state index contributed by atoms with van der Waals surface area (Å²) in [6.45, 7) is 1.20. The lowest BCUT2D eigenvalue weighted by atomic mass is 9.96. The average molecular weight is 398 g/mol. The van der Waals surface area contributed by atoms with Gasteiger partial charge in [-0.05, 0) is 30.9 Å². The van der Waals surface area contributed by atoms with E-state index in [0.29, 0.717) is 31.6 Å². The molecule has 28 heavy (non-hydrogen) atoms.